The SMILES string of the molecule is CCNC(=NCCCOCC1CCOCC1)NCCc1cc(F)ccc1F.I. The summed E-state index contributed by atoms with van der Waals surface area (Å²) in [5.74, 6) is 0.484. The molecule has 1 aliphatic heterocycles. The van der Waals surface area contributed by atoms with Gasteiger partial charge in [-0.25, -0.2) is 8.78 Å². The zero-order valence-electron chi connectivity index (χ0n) is 16.5. The van der Waals surface area contributed by atoms with Crippen molar-refractivity contribution in [1.29, 1.82) is 0 Å². The number of hydrogen-bond donors (Lipinski definition) is 2. The predicted octanol–water partition coefficient (Wildman–Crippen LogP) is 3.51. The van der Waals surface area contributed by atoms with Gasteiger partial charge < -0.3 is 20.1 Å². The molecule has 0 aliphatic carbocycles. The molecule has 2 rings (SSSR count). The summed E-state index contributed by atoms with van der Waals surface area (Å²) in [6, 6.07) is 3.52. The Morgan fingerprint density at radius 3 is 2.79 bits per heavy atom. The smallest absolute Gasteiger partial charge is 0.191 e. The fourth-order valence-corrected chi connectivity index (χ4v) is 2.91. The Morgan fingerprint density at radius 2 is 2.04 bits per heavy atom. The van der Waals surface area contributed by atoms with Crippen molar-refractivity contribution in [2.24, 2.45) is 10.9 Å². The first-order valence-electron chi connectivity index (χ1n) is 9.80. The fourth-order valence-electron chi connectivity index (χ4n) is 2.91. The monoisotopic (exact) mass is 511 g/mol. The number of hydrogen-bond acceptors (Lipinski definition) is 3. The molecule has 0 aromatic heterocycles. The molecule has 28 heavy (non-hydrogen) atoms. The highest BCUT2D eigenvalue weighted by Gasteiger charge is 2.13. The van der Waals surface area contributed by atoms with Gasteiger partial charge in [0.25, 0.3) is 0 Å². The lowest BCUT2D eigenvalue weighted by molar-refractivity contribution is 0.0205. The molecular formula is C20H32F2IN3O2. The first-order valence-corrected chi connectivity index (χ1v) is 9.80. The van der Waals surface area contributed by atoms with Crippen LogP contribution < -0.4 is 10.6 Å². The topological polar surface area (TPSA) is 54.9 Å². The van der Waals surface area contributed by atoms with E-state index in [1.165, 1.54) is 6.07 Å². The molecule has 0 bridgehead atoms. The minimum Gasteiger partial charge on any atom is -0.381 e. The molecule has 0 unspecified atom stereocenters. The molecule has 0 atom stereocenters. The summed E-state index contributed by atoms with van der Waals surface area (Å²) in [4.78, 5) is 4.50. The van der Waals surface area contributed by atoms with Gasteiger partial charge in [-0.3, -0.25) is 4.99 Å². The molecule has 5 nitrogen and oxygen atoms in total. The average molecular weight is 511 g/mol. The minimum atomic E-state index is -0.423. The van der Waals surface area contributed by atoms with Crippen molar-refractivity contribution in [2.75, 3.05) is 46.1 Å². The van der Waals surface area contributed by atoms with Crippen LogP contribution in [0, 0.1) is 17.6 Å². The van der Waals surface area contributed by atoms with E-state index in [4.69, 9.17) is 9.47 Å². The van der Waals surface area contributed by atoms with Crippen LogP contribution in [0.4, 0.5) is 8.78 Å². The summed E-state index contributed by atoms with van der Waals surface area (Å²) < 4.78 is 37.9. The summed E-state index contributed by atoms with van der Waals surface area (Å²) in [6.45, 7) is 7.02. The highest BCUT2D eigenvalue weighted by Crippen LogP contribution is 2.14. The highest BCUT2D eigenvalue weighted by atomic mass is 127. The first-order chi connectivity index (χ1) is 13.2. The summed E-state index contributed by atoms with van der Waals surface area (Å²) in [5, 5.41) is 6.31. The lowest BCUT2D eigenvalue weighted by atomic mass is 10.0. The van der Waals surface area contributed by atoms with E-state index in [1.807, 2.05) is 6.92 Å². The number of ether oxygens (including phenoxy) is 2. The van der Waals surface area contributed by atoms with Gasteiger partial charge >= 0.3 is 0 Å². The number of benzene rings is 1. The average Bonchev–Trinajstić information content (AvgIpc) is 2.68. The van der Waals surface area contributed by atoms with Crippen LogP contribution >= 0.6 is 24.0 Å². The van der Waals surface area contributed by atoms with Gasteiger partial charge in [0.05, 0.1) is 0 Å². The van der Waals surface area contributed by atoms with Gasteiger partial charge in [-0.15, -0.1) is 24.0 Å². The van der Waals surface area contributed by atoms with Crippen LogP contribution in [0.1, 0.15) is 31.7 Å². The normalized spacial score (nSPS) is 15.2. The number of aliphatic imine (C=N–C) groups is 1. The van der Waals surface area contributed by atoms with Crippen molar-refractivity contribution >= 4 is 29.9 Å². The third-order valence-electron chi connectivity index (χ3n) is 4.45. The second-order valence-corrected chi connectivity index (χ2v) is 6.66. The van der Waals surface area contributed by atoms with Crippen LogP contribution in [-0.4, -0.2) is 52.0 Å². The number of nitrogens with zero attached hydrogens (tertiary/aromatic N) is 1. The molecule has 0 radical (unpaired) electrons. The van der Waals surface area contributed by atoms with E-state index in [9.17, 15) is 8.78 Å². The summed E-state index contributed by atoms with van der Waals surface area (Å²) in [7, 11) is 0. The quantitative estimate of drug-likeness (QED) is 0.219. The van der Waals surface area contributed by atoms with E-state index in [1.54, 1.807) is 0 Å². The second kappa shape index (κ2) is 14.9. The van der Waals surface area contributed by atoms with E-state index < -0.39 is 5.82 Å². The van der Waals surface area contributed by atoms with Gasteiger partial charge in [0, 0.05) is 46.1 Å². The standard InChI is InChI=1S/C20H31F2N3O2.HI/c1-2-23-20(25-10-6-17-14-18(21)4-5-19(17)22)24-9-3-11-27-15-16-7-12-26-13-8-16;/h4-5,14,16H,2-3,6-13,15H2,1H3,(H2,23,24,25);1H. The Labute approximate surface area is 183 Å². The maximum atomic E-state index is 13.6. The van der Waals surface area contributed by atoms with Gasteiger partial charge in [0.2, 0.25) is 0 Å². The van der Waals surface area contributed by atoms with Crippen molar-refractivity contribution in [2.45, 2.75) is 32.6 Å². The van der Waals surface area contributed by atoms with E-state index >= 15 is 0 Å². The lowest BCUT2D eigenvalue weighted by Crippen LogP contribution is -2.38. The first kappa shape index (κ1) is 25.0. The Kier molecular flexibility index (Phi) is 13.3. The van der Waals surface area contributed by atoms with Gasteiger partial charge in [0.1, 0.15) is 11.6 Å². The predicted molar refractivity (Wildman–Crippen MR) is 118 cm³/mol. The van der Waals surface area contributed by atoms with E-state index in [-0.39, 0.29) is 29.8 Å². The molecule has 0 saturated carbocycles. The summed E-state index contributed by atoms with van der Waals surface area (Å²) in [6.07, 6.45) is 3.40. The van der Waals surface area contributed by atoms with Crippen LogP contribution in [-0.2, 0) is 15.9 Å². The molecule has 1 aromatic carbocycles. The summed E-state index contributed by atoms with van der Waals surface area (Å²) in [5.41, 5.74) is 0.361. The minimum absolute atomic E-state index is 0. The van der Waals surface area contributed by atoms with E-state index in [0.717, 1.165) is 57.8 Å². The maximum absolute atomic E-state index is 13.6. The number of halogens is 3. The molecular weight excluding hydrogens is 479 g/mol. The van der Waals surface area contributed by atoms with Crippen molar-refractivity contribution < 1.29 is 18.3 Å². The fraction of sp³-hybridized carbons (Fsp3) is 0.650. The molecule has 2 N–H and O–H groups in total. The van der Waals surface area contributed by atoms with E-state index in [0.29, 0.717) is 43.6 Å². The molecule has 8 heteroatoms. The van der Waals surface area contributed by atoms with Crippen LogP contribution in [0.2, 0.25) is 0 Å². The molecule has 1 heterocycles. The van der Waals surface area contributed by atoms with Crippen molar-refractivity contribution in [3.63, 3.8) is 0 Å². The van der Waals surface area contributed by atoms with E-state index in [2.05, 4.69) is 15.6 Å². The molecule has 1 aliphatic rings. The Balaban J connectivity index is 0.00000392. The van der Waals surface area contributed by atoms with Crippen LogP contribution in [0.15, 0.2) is 23.2 Å². The second-order valence-electron chi connectivity index (χ2n) is 6.66. The van der Waals surface area contributed by atoms with Gasteiger partial charge in [-0.1, -0.05) is 0 Å². The molecule has 160 valence electrons. The molecule has 1 saturated heterocycles. The zero-order valence-corrected chi connectivity index (χ0v) is 18.8. The van der Waals surface area contributed by atoms with Gasteiger partial charge in [-0.2, -0.15) is 0 Å². The molecule has 0 spiro atoms. The summed E-state index contributed by atoms with van der Waals surface area (Å²) >= 11 is 0. The zero-order chi connectivity index (χ0) is 19.3. The van der Waals surface area contributed by atoms with Crippen LogP contribution in [0.3, 0.4) is 0 Å². The Morgan fingerprint density at radius 1 is 1.25 bits per heavy atom. The third-order valence-corrected chi connectivity index (χ3v) is 4.45. The number of guanidine groups is 1. The van der Waals surface area contributed by atoms with Crippen LogP contribution in [0.5, 0.6) is 0 Å². The Hall–Kier alpha value is -1.00. The Bertz CT molecular complexity index is 585. The highest BCUT2D eigenvalue weighted by molar-refractivity contribution is 14.0. The van der Waals surface area contributed by atoms with Crippen molar-refractivity contribution in [1.82, 2.24) is 10.6 Å². The largest absolute Gasteiger partial charge is 0.381 e. The van der Waals surface area contributed by atoms with Gasteiger partial charge in [0.15, 0.2) is 5.96 Å². The number of nitrogens with one attached hydrogen (secondary N) is 2. The number of rotatable bonds is 10. The molecule has 0 amide bonds. The van der Waals surface area contributed by atoms with Crippen molar-refractivity contribution in [3.05, 3.63) is 35.4 Å². The van der Waals surface area contributed by atoms with Crippen molar-refractivity contribution in [3.8, 4) is 0 Å². The maximum Gasteiger partial charge on any atom is 0.191 e. The molecule has 1 aromatic rings. The third kappa shape index (κ3) is 9.97. The lowest BCUT2D eigenvalue weighted by Gasteiger charge is -2.21. The molecule has 1 fully saturated rings. The van der Waals surface area contributed by atoms with Gasteiger partial charge in [-0.05, 0) is 62.3 Å². The van der Waals surface area contributed by atoms with Crippen LogP contribution in [0.25, 0.3) is 0 Å².